The molecule has 1 aliphatic carbocycles. The first-order chi connectivity index (χ1) is 6.21. The van der Waals surface area contributed by atoms with Crippen LogP contribution < -0.4 is 0 Å². The average molecular weight is 196 g/mol. The van der Waals surface area contributed by atoms with Crippen LogP contribution in [0.15, 0.2) is 12.1 Å². The molecule has 1 saturated carbocycles. The summed E-state index contributed by atoms with van der Waals surface area (Å²) < 4.78 is 0. The molecule has 1 fully saturated rings. The van der Waals surface area contributed by atoms with Crippen LogP contribution in [-0.2, 0) is 5.60 Å². The summed E-state index contributed by atoms with van der Waals surface area (Å²) in [5.41, 5.74) is -0.489. The first-order valence-electron chi connectivity index (χ1n) is 5.00. The summed E-state index contributed by atoms with van der Waals surface area (Å²) in [7, 11) is 0. The van der Waals surface area contributed by atoms with Crippen LogP contribution in [0.25, 0.3) is 0 Å². The summed E-state index contributed by atoms with van der Waals surface area (Å²) in [5, 5.41) is 10.4. The maximum absolute atomic E-state index is 10.4. The Balaban J connectivity index is 2.22. The first-order valence-corrected chi connectivity index (χ1v) is 5.82. The molecule has 0 spiro atoms. The molecule has 0 aliphatic heterocycles. The van der Waals surface area contributed by atoms with Crippen molar-refractivity contribution in [3.8, 4) is 0 Å². The van der Waals surface area contributed by atoms with E-state index < -0.39 is 5.60 Å². The van der Waals surface area contributed by atoms with Gasteiger partial charge in [0.25, 0.3) is 0 Å². The summed E-state index contributed by atoms with van der Waals surface area (Å²) >= 11 is 1.74. The summed E-state index contributed by atoms with van der Waals surface area (Å²) in [6.45, 7) is 2.10. The maximum atomic E-state index is 10.4. The molecule has 0 amide bonds. The summed E-state index contributed by atoms with van der Waals surface area (Å²) in [4.78, 5) is 2.47. The fourth-order valence-corrected chi connectivity index (χ4v) is 3.08. The Hall–Kier alpha value is -0.340. The SMILES string of the molecule is Cc1ccc(C2(O)CCCCC2)s1. The van der Waals surface area contributed by atoms with Crippen molar-refractivity contribution in [2.24, 2.45) is 0 Å². The Labute approximate surface area is 83.4 Å². The molecule has 2 heteroatoms. The largest absolute Gasteiger partial charge is 0.384 e. The third-order valence-corrected chi connectivity index (χ3v) is 4.07. The lowest BCUT2D eigenvalue weighted by atomic mass is 9.84. The van der Waals surface area contributed by atoms with E-state index in [-0.39, 0.29) is 0 Å². The molecule has 1 N–H and O–H groups in total. The number of rotatable bonds is 1. The van der Waals surface area contributed by atoms with Gasteiger partial charge in [0.1, 0.15) is 0 Å². The van der Waals surface area contributed by atoms with Gasteiger partial charge in [-0.3, -0.25) is 0 Å². The van der Waals surface area contributed by atoms with E-state index >= 15 is 0 Å². The highest BCUT2D eigenvalue weighted by molar-refractivity contribution is 7.12. The summed E-state index contributed by atoms with van der Waals surface area (Å²) in [6, 6.07) is 4.19. The van der Waals surface area contributed by atoms with Crippen molar-refractivity contribution < 1.29 is 5.11 Å². The van der Waals surface area contributed by atoms with E-state index in [1.165, 1.54) is 29.0 Å². The molecule has 13 heavy (non-hydrogen) atoms. The van der Waals surface area contributed by atoms with Gasteiger partial charge in [-0.1, -0.05) is 19.3 Å². The number of hydrogen-bond donors (Lipinski definition) is 1. The van der Waals surface area contributed by atoms with Gasteiger partial charge >= 0.3 is 0 Å². The summed E-state index contributed by atoms with van der Waals surface area (Å²) in [6.07, 6.45) is 5.54. The van der Waals surface area contributed by atoms with Crippen molar-refractivity contribution in [2.75, 3.05) is 0 Å². The fourth-order valence-electron chi connectivity index (χ4n) is 2.07. The quantitative estimate of drug-likeness (QED) is 0.731. The van der Waals surface area contributed by atoms with Gasteiger partial charge in [0.2, 0.25) is 0 Å². The molecule has 1 heterocycles. The Bertz CT molecular complexity index is 284. The third kappa shape index (κ3) is 1.79. The third-order valence-electron chi connectivity index (χ3n) is 2.88. The molecule has 1 aliphatic rings. The van der Waals surface area contributed by atoms with Crippen molar-refractivity contribution in [2.45, 2.75) is 44.6 Å². The smallest absolute Gasteiger partial charge is 0.0987 e. The van der Waals surface area contributed by atoms with Crippen molar-refractivity contribution in [3.05, 3.63) is 21.9 Å². The van der Waals surface area contributed by atoms with E-state index in [1.807, 2.05) is 0 Å². The molecule has 0 unspecified atom stereocenters. The number of hydrogen-bond acceptors (Lipinski definition) is 2. The van der Waals surface area contributed by atoms with Crippen LogP contribution in [0.5, 0.6) is 0 Å². The van der Waals surface area contributed by atoms with E-state index in [4.69, 9.17) is 0 Å². The summed E-state index contributed by atoms with van der Waals surface area (Å²) in [5.74, 6) is 0. The van der Waals surface area contributed by atoms with Gasteiger partial charge in [-0.25, -0.2) is 0 Å². The van der Waals surface area contributed by atoms with Crippen molar-refractivity contribution in [3.63, 3.8) is 0 Å². The van der Waals surface area contributed by atoms with Crippen LogP contribution >= 0.6 is 11.3 Å². The highest BCUT2D eigenvalue weighted by atomic mass is 32.1. The van der Waals surface area contributed by atoms with Crippen LogP contribution in [0.2, 0.25) is 0 Å². The van der Waals surface area contributed by atoms with Crippen LogP contribution in [0.4, 0.5) is 0 Å². The lowest BCUT2D eigenvalue weighted by Crippen LogP contribution is -2.27. The zero-order chi connectivity index (χ0) is 9.31. The highest BCUT2D eigenvalue weighted by Crippen LogP contribution is 2.39. The molecule has 1 aromatic rings. The predicted octanol–water partition coefficient (Wildman–Crippen LogP) is 3.21. The molecule has 72 valence electrons. The zero-order valence-corrected chi connectivity index (χ0v) is 8.86. The number of aryl methyl sites for hydroxylation is 1. The number of thiophene rings is 1. The zero-order valence-electron chi connectivity index (χ0n) is 8.05. The van der Waals surface area contributed by atoms with E-state index in [0.717, 1.165) is 12.8 Å². The predicted molar refractivity (Wildman–Crippen MR) is 56.0 cm³/mol. The molecule has 0 bridgehead atoms. The van der Waals surface area contributed by atoms with Crippen LogP contribution in [0.1, 0.15) is 41.9 Å². The van der Waals surface area contributed by atoms with Crippen LogP contribution in [-0.4, -0.2) is 5.11 Å². The van der Waals surface area contributed by atoms with Gasteiger partial charge in [-0.05, 0) is 31.9 Å². The minimum Gasteiger partial charge on any atom is -0.384 e. The topological polar surface area (TPSA) is 20.2 Å². The molecule has 0 atom stereocenters. The molecule has 1 nitrogen and oxygen atoms in total. The normalized spacial score (nSPS) is 21.7. The Morgan fingerprint density at radius 3 is 2.46 bits per heavy atom. The lowest BCUT2D eigenvalue weighted by Gasteiger charge is -2.30. The Morgan fingerprint density at radius 2 is 1.92 bits per heavy atom. The molecule has 2 rings (SSSR count). The first kappa shape index (κ1) is 9.22. The Kier molecular flexibility index (Phi) is 2.43. The minimum absolute atomic E-state index is 0.489. The van der Waals surface area contributed by atoms with Gasteiger partial charge in [0, 0.05) is 9.75 Å². The monoisotopic (exact) mass is 196 g/mol. The van der Waals surface area contributed by atoms with E-state index in [2.05, 4.69) is 19.1 Å². The van der Waals surface area contributed by atoms with E-state index in [9.17, 15) is 5.11 Å². The van der Waals surface area contributed by atoms with Gasteiger partial charge in [0.15, 0.2) is 0 Å². The van der Waals surface area contributed by atoms with Crippen LogP contribution in [0.3, 0.4) is 0 Å². The van der Waals surface area contributed by atoms with Gasteiger partial charge in [-0.15, -0.1) is 11.3 Å². The van der Waals surface area contributed by atoms with E-state index in [1.54, 1.807) is 11.3 Å². The molecule has 0 radical (unpaired) electrons. The van der Waals surface area contributed by atoms with Gasteiger partial charge < -0.3 is 5.11 Å². The Morgan fingerprint density at radius 1 is 1.23 bits per heavy atom. The second-order valence-corrected chi connectivity index (χ2v) is 5.29. The second kappa shape index (κ2) is 3.43. The van der Waals surface area contributed by atoms with Gasteiger partial charge in [-0.2, -0.15) is 0 Å². The van der Waals surface area contributed by atoms with Crippen LogP contribution in [0, 0.1) is 6.92 Å². The average Bonchev–Trinajstić information content (AvgIpc) is 2.54. The molecular formula is C11H16OS. The van der Waals surface area contributed by atoms with E-state index in [0.29, 0.717) is 0 Å². The molecule has 0 aromatic carbocycles. The molecular weight excluding hydrogens is 180 g/mol. The van der Waals surface area contributed by atoms with Crippen molar-refractivity contribution >= 4 is 11.3 Å². The fraction of sp³-hybridized carbons (Fsp3) is 0.636. The highest BCUT2D eigenvalue weighted by Gasteiger charge is 2.32. The maximum Gasteiger partial charge on any atom is 0.0987 e. The molecule has 1 aromatic heterocycles. The second-order valence-electron chi connectivity index (χ2n) is 4.00. The minimum atomic E-state index is -0.489. The van der Waals surface area contributed by atoms with Crippen molar-refractivity contribution in [1.29, 1.82) is 0 Å². The lowest BCUT2D eigenvalue weighted by molar-refractivity contribution is 0.00283. The molecule has 0 saturated heterocycles. The van der Waals surface area contributed by atoms with Crippen molar-refractivity contribution in [1.82, 2.24) is 0 Å². The standard InChI is InChI=1S/C11H16OS/c1-9-5-6-10(13-9)11(12)7-3-2-4-8-11/h5-6,12H,2-4,7-8H2,1H3. The number of aliphatic hydroxyl groups is 1. The van der Waals surface area contributed by atoms with Gasteiger partial charge in [0.05, 0.1) is 5.60 Å².